The van der Waals surface area contributed by atoms with Gasteiger partial charge in [0.15, 0.2) is 0 Å². The van der Waals surface area contributed by atoms with Gasteiger partial charge in [-0.1, -0.05) is 50.6 Å². The van der Waals surface area contributed by atoms with Gasteiger partial charge in [0.05, 0.1) is 6.54 Å². The fourth-order valence-electron chi connectivity index (χ4n) is 2.91. The molecular formula is C21H29ClN2O. The number of rotatable bonds is 8. The van der Waals surface area contributed by atoms with E-state index in [2.05, 4.69) is 44.5 Å². The number of carbonyl (C=O) groups excluding carboxylic acids is 1. The van der Waals surface area contributed by atoms with E-state index in [0.717, 1.165) is 22.7 Å². The van der Waals surface area contributed by atoms with Gasteiger partial charge in [-0.25, -0.2) is 0 Å². The van der Waals surface area contributed by atoms with Crippen LogP contribution < -0.4 is 0 Å². The van der Waals surface area contributed by atoms with Crippen molar-refractivity contribution in [3.8, 4) is 0 Å². The van der Waals surface area contributed by atoms with Gasteiger partial charge < -0.3 is 9.47 Å². The highest BCUT2D eigenvalue weighted by Crippen LogP contribution is 2.20. The van der Waals surface area contributed by atoms with Crippen molar-refractivity contribution in [3.63, 3.8) is 0 Å². The Morgan fingerprint density at radius 1 is 1.16 bits per heavy atom. The van der Waals surface area contributed by atoms with Gasteiger partial charge in [0.1, 0.15) is 0 Å². The molecule has 0 N–H and O–H groups in total. The maximum atomic E-state index is 12.7. The van der Waals surface area contributed by atoms with Crippen LogP contribution in [0, 0.1) is 5.92 Å². The van der Waals surface area contributed by atoms with Gasteiger partial charge >= 0.3 is 0 Å². The van der Waals surface area contributed by atoms with E-state index >= 15 is 0 Å². The number of benzene rings is 1. The number of halogens is 1. The van der Waals surface area contributed by atoms with Crippen molar-refractivity contribution in [2.45, 2.75) is 59.7 Å². The lowest BCUT2D eigenvalue weighted by molar-refractivity contribution is -0.134. The molecule has 1 heterocycles. The first kappa shape index (κ1) is 19.6. The molecule has 0 aliphatic carbocycles. The summed E-state index contributed by atoms with van der Waals surface area (Å²) in [6, 6.07) is 12.3. The lowest BCUT2D eigenvalue weighted by atomic mass is 10.1. The molecule has 0 saturated carbocycles. The molecular weight excluding hydrogens is 332 g/mol. The molecule has 0 fully saturated rings. The summed E-state index contributed by atoms with van der Waals surface area (Å²) in [5.41, 5.74) is 2.22. The van der Waals surface area contributed by atoms with E-state index in [9.17, 15) is 4.79 Å². The van der Waals surface area contributed by atoms with Gasteiger partial charge in [0, 0.05) is 35.9 Å². The van der Waals surface area contributed by atoms with Crippen LogP contribution in [0.25, 0.3) is 0 Å². The average Bonchev–Trinajstić information content (AvgIpc) is 3.00. The van der Waals surface area contributed by atoms with Gasteiger partial charge in [-0.15, -0.1) is 0 Å². The molecule has 0 spiro atoms. The molecule has 1 aromatic heterocycles. The topological polar surface area (TPSA) is 25.2 Å². The molecule has 0 bridgehead atoms. The maximum Gasteiger partial charge on any atom is 0.223 e. The Hall–Kier alpha value is -1.74. The summed E-state index contributed by atoms with van der Waals surface area (Å²) in [4.78, 5) is 14.7. The van der Waals surface area contributed by atoms with E-state index in [4.69, 9.17) is 11.6 Å². The smallest absolute Gasteiger partial charge is 0.223 e. The highest BCUT2D eigenvalue weighted by molar-refractivity contribution is 6.31. The Morgan fingerprint density at radius 3 is 2.52 bits per heavy atom. The quantitative estimate of drug-likeness (QED) is 0.621. The van der Waals surface area contributed by atoms with E-state index in [1.807, 2.05) is 35.2 Å². The van der Waals surface area contributed by atoms with Gasteiger partial charge in [-0.05, 0) is 43.0 Å². The van der Waals surface area contributed by atoms with E-state index in [1.165, 1.54) is 0 Å². The Kier molecular flexibility index (Phi) is 7.12. The van der Waals surface area contributed by atoms with Gasteiger partial charge in [-0.2, -0.15) is 0 Å². The summed E-state index contributed by atoms with van der Waals surface area (Å²) in [7, 11) is 0. The summed E-state index contributed by atoms with van der Waals surface area (Å²) in [6.45, 7) is 9.79. The zero-order chi connectivity index (χ0) is 18.4. The van der Waals surface area contributed by atoms with Crippen LogP contribution in [0.3, 0.4) is 0 Å². The highest BCUT2D eigenvalue weighted by Gasteiger charge is 2.21. The van der Waals surface area contributed by atoms with Gasteiger partial charge in [-0.3, -0.25) is 4.79 Å². The number of hydrogen-bond donors (Lipinski definition) is 0. The molecule has 2 rings (SSSR count). The predicted molar refractivity (Wildman–Crippen MR) is 105 cm³/mol. The Balaban J connectivity index is 2.19. The lowest BCUT2D eigenvalue weighted by Crippen LogP contribution is -2.38. The molecule has 1 atom stereocenters. The zero-order valence-electron chi connectivity index (χ0n) is 15.7. The lowest BCUT2D eigenvalue weighted by Gasteiger charge is -2.30. The first-order chi connectivity index (χ1) is 11.9. The number of hydrogen-bond acceptors (Lipinski definition) is 1. The summed E-state index contributed by atoms with van der Waals surface area (Å²) >= 11 is 6.30. The molecule has 136 valence electrons. The van der Waals surface area contributed by atoms with Gasteiger partial charge in [0.25, 0.3) is 0 Å². The predicted octanol–water partition coefficient (Wildman–Crippen LogP) is 5.36. The van der Waals surface area contributed by atoms with Crippen LogP contribution in [0.1, 0.15) is 51.8 Å². The fraction of sp³-hybridized carbons (Fsp3) is 0.476. The third-order valence-corrected chi connectivity index (χ3v) is 4.95. The van der Waals surface area contributed by atoms with E-state index in [-0.39, 0.29) is 11.9 Å². The molecule has 0 saturated heterocycles. The van der Waals surface area contributed by atoms with Crippen molar-refractivity contribution in [1.82, 2.24) is 9.47 Å². The van der Waals surface area contributed by atoms with Crippen molar-refractivity contribution in [2.24, 2.45) is 5.92 Å². The molecule has 25 heavy (non-hydrogen) atoms. The van der Waals surface area contributed by atoms with Crippen molar-refractivity contribution in [3.05, 3.63) is 58.9 Å². The van der Waals surface area contributed by atoms with Crippen molar-refractivity contribution >= 4 is 17.5 Å². The fourth-order valence-corrected chi connectivity index (χ4v) is 3.10. The number of nitrogens with zero attached hydrogens (tertiary/aromatic N) is 2. The van der Waals surface area contributed by atoms with Crippen LogP contribution in [0.2, 0.25) is 5.02 Å². The van der Waals surface area contributed by atoms with Crippen molar-refractivity contribution in [1.29, 1.82) is 0 Å². The Labute approximate surface area is 156 Å². The number of carbonyl (C=O) groups is 1. The minimum Gasteiger partial charge on any atom is -0.345 e. The van der Waals surface area contributed by atoms with Crippen LogP contribution >= 0.6 is 11.6 Å². The van der Waals surface area contributed by atoms with E-state index in [1.54, 1.807) is 0 Å². The zero-order valence-corrected chi connectivity index (χ0v) is 16.5. The standard InChI is InChI=1S/C21H29ClN2O/c1-5-17(4)24(21(25)13-16(2)3)15-19-10-8-12-23(19)14-18-9-6-7-11-20(18)22/h6-12,16-17H,5,13-15H2,1-4H3/t17-/m1/s1. The molecule has 3 nitrogen and oxygen atoms in total. The SMILES string of the molecule is CC[C@@H](C)N(Cc1cccn1Cc1ccccc1Cl)C(=O)CC(C)C. The minimum absolute atomic E-state index is 0.231. The van der Waals surface area contributed by atoms with E-state index < -0.39 is 0 Å². The normalized spacial score (nSPS) is 12.4. The number of aromatic nitrogens is 1. The highest BCUT2D eigenvalue weighted by atomic mass is 35.5. The third kappa shape index (κ3) is 5.37. The second kappa shape index (κ2) is 9.10. The first-order valence-electron chi connectivity index (χ1n) is 9.09. The largest absolute Gasteiger partial charge is 0.345 e. The number of amides is 1. The molecule has 4 heteroatoms. The first-order valence-corrected chi connectivity index (χ1v) is 9.47. The third-order valence-electron chi connectivity index (χ3n) is 4.58. The minimum atomic E-state index is 0.231. The summed E-state index contributed by atoms with van der Waals surface area (Å²) in [5.74, 6) is 0.601. The average molecular weight is 361 g/mol. The van der Waals surface area contributed by atoms with Crippen LogP contribution in [0.4, 0.5) is 0 Å². The van der Waals surface area contributed by atoms with Crippen molar-refractivity contribution in [2.75, 3.05) is 0 Å². The van der Waals surface area contributed by atoms with E-state index in [0.29, 0.717) is 25.4 Å². The summed E-state index contributed by atoms with van der Waals surface area (Å²) < 4.78 is 2.18. The molecule has 1 aromatic carbocycles. The van der Waals surface area contributed by atoms with Crippen molar-refractivity contribution < 1.29 is 4.79 Å². The van der Waals surface area contributed by atoms with Gasteiger partial charge in [0.2, 0.25) is 5.91 Å². The Bertz CT molecular complexity index is 693. The van der Waals surface area contributed by atoms with Crippen LogP contribution in [0.5, 0.6) is 0 Å². The molecule has 0 aliphatic rings. The summed E-state index contributed by atoms with van der Waals surface area (Å²) in [5, 5.41) is 0.775. The van der Waals surface area contributed by atoms with Crippen LogP contribution in [-0.2, 0) is 17.9 Å². The molecule has 0 aliphatic heterocycles. The van der Waals surface area contributed by atoms with Crippen LogP contribution in [-0.4, -0.2) is 21.4 Å². The summed E-state index contributed by atoms with van der Waals surface area (Å²) in [6.07, 6.45) is 3.60. The Morgan fingerprint density at radius 2 is 1.88 bits per heavy atom. The maximum absolute atomic E-state index is 12.7. The molecule has 2 aromatic rings. The monoisotopic (exact) mass is 360 g/mol. The molecule has 0 radical (unpaired) electrons. The second-order valence-corrected chi connectivity index (χ2v) is 7.50. The second-order valence-electron chi connectivity index (χ2n) is 7.10. The molecule has 0 unspecified atom stereocenters. The van der Waals surface area contributed by atoms with Crippen LogP contribution in [0.15, 0.2) is 42.6 Å². The molecule has 1 amide bonds.